The molecule has 0 saturated carbocycles. The summed E-state index contributed by atoms with van der Waals surface area (Å²) in [6.07, 6.45) is 1.79. The van der Waals surface area contributed by atoms with Gasteiger partial charge in [0.25, 0.3) is 5.56 Å². The van der Waals surface area contributed by atoms with Crippen molar-refractivity contribution in [1.82, 2.24) is 4.57 Å². The average molecular weight is 324 g/mol. The quantitative estimate of drug-likeness (QED) is 0.733. The van der Waals surface area contributed by atoms with Gasteiger partial charge in [0.05, 0.1) is 19.0 Å². The molecule has 3 rings (SSSR count). The van der Waals surface area contributed by atoms with E-state index >= 15 is 0 Å². The van der Waals surface area contributed by atoms with Gasteiger partial charge in [0.15, 0.2) is 0 Å². The van der Waals surface area contributed by atoms with E-state index in [1.807, 2.05) is 43.3 Å². The van der Waals surface area contributed by atoms with Crippen LogP contribution < -0.4 is 20.8 Å². The lowest BCUT2D eigenvalue weighted by molar-refractivity contribution is 0.296. The standard InChI is InChI=1S/C19H20N2O3/c1-13-11-16(5-6-18(13)20)24-10-9-21-8-7-14-3-4-15(23-2)12-17(14)19(21)22/h3-8,11-12H,9-10,20H2,1-2H3. The Morgan fingerprint density at radius 1 is 1.08 bits per heavy atom. The monoisotopic (exact) mass is 324 g/mol. The topological polar surface area (TPSA) is 66.5 Å². The maximum Gasteiger partial charge on any atom is 0.258 e. The minimum atomic E-state index is -0.0523. The smallest absolute Gasteiger partial charge is 0.258 e. The summed E-state index contributed by atoms with van der Waals surface area (Å²) in [7, 11) is 1.59. The van der Waals surface area contributed by atoms with E-state index in [9.17, 15) is 4.79 Å². The molecule has 1 heterocycles. The largest absolute Gasteiger partial charge is 0.497 e. The van der Waals surface area contributed by atoms with Crippen LogP contribution in [0.3, 0.4) is 0 Å². The van der Waals surface area contributed by atoms with Crippen LogP contribution in [0.5, 0.6) is 11.5 Å². The molecule has 5 heteroatoms. The fraction of sp³-hybridized carbons (Fsp3) is 0.211. The SMILES string of the molecule is COc1ccc2ccn(CCOc3ccc(N)c(C)c3)c(=O)c2c1. The maximum absolute atomic E-state index is 12.6. The molecule has 0 amide bonds. The number of methoxy groups -OCH3 is 1. The molecular weight excluding hydrogens is 304 g/mol. The van der Waals surface area contributed by atoms with Crippen molar-refractivity contribution in [2.24, 2.45) is 0 Å². The number of pyridine rings is 1. The summed E-state index contributed by atoms with van der Waals surface area (Å²) in [5.41, 5.74) is 7.45. The van der Waals surface area contributed by atoms with Crippen molar-refractivity contribution in [3.63, 3.8) is 0 Å². The molecule has 0 saturated heterocycles. The van der Waals surface area contributed by atoms with Gasteiger partial charge in [-0.05, 0) is 54.3 Å². The van der Waals surface area contributed by atoms with Gasteiger partial charge in [-0.1, -0.05) is 6.07 Å². The Morgan fingerprint density at radius 3 is 2.62 bits per heavy atom. The van der Waals surface area contributed by atoms with Crippen molar-refractivity contribution < 1.29 is 9.47 Å². The van der Waals surface area contributed by atoms with E-state index in [-0.39, 0.29) is 5.56 Å². The molecule has 0 spiro atoms. The Labute approximate surface area is 140 Å². The molecule has 0 radical (unpaired) electrons. The highest BCUT2D eigenvalue weighted by Gasteiger charge is 2.05. The van der Waals surface area contributed by atoms with Crippen LogP contribution in [0.2, 0.25) is 0 Å². The van der Waals surface area contributed by atoms with Crippen molar-refractivity contribution in [2.75, 3.05) is 19.5 Å². The average Bonchev–Trinajstić information content (AvgIpc) is 2.60. The second-order valence-corrected chi connectivity index (χ2v) is 5.63. The lowest BCUT2D eigenvalue weighted by Crippen LogP contribution is -2.22. The van der Waals surface area contributed by atoms with E-state index in [0.717, 1.165) is 22.4 Å². The first-order chi connectivity index (χ1) is 11.6. The van der Waals surface area contributed by atoms with Crippen molar-refractivity contribution in [1.29, 1.82) is 0 Å². The van der Waals surface area contributed by atoms with Crippen LogP contribution >= 0.6 is 0 Å². The van der Waals surface area contributed by atoms with Crippen LogP contribution in [0, 0.1) is 6.92 Å². The van der Waals surface area contributed by atoms with E-state index in [1.54, 1.807) is 23.9 Å². The Hall–Kier alpha value is -2.95. The van der Waals surface area contributed by atoms with Gasteiger partial charge in [-0.25, -0.2) is 0 Å². The molecule has 2 N–H and O–H groups in total. The number of nitrogens with two attached hydrogens (primary N) is 1. The Balaban J connectivity index is 1.76. The molecule has 0 aliphatic carbocycles. The number of fused-ring (bicyclic) bond motifs is 1. The van der Waals surface area contributed by atoms with Crippen LogP contribution in [0.1, 0.15) is 5.56 Å². The van der Waals surface area contributed by atoms with Gasteiger partial charge in [0, 0.05) is 11.9 Å². The Kier molecular flexibility index (Phi) is 4.42. The zero-order valence-corrected chi connectivity index (χ0v) is 13.8. The number of nitrogen functional groups attached to an aromatic ring is 1. The van der Waals surface area contributed by atoms with Crippen molar-refractivity contribution in [2.45, 2.75) is 13.5 Å². The summed E-state index contributed by atoms with van der Waals surface area (Å²) in [6.45, 7) is 2.80. The number of aromatic nitrogens is 1. The van der Waals surface area contributed by atoms with Gasteiger partial charge < -0.3 is 19.8 Å². The molecule has 0 aliphatic heterocycles. The van der Waals surface area contributed by atoms with Gasteiger partial charge in [-0.15, -0.1) is 0 Å². The number of aryl methyl sites for hydroxylation is 1. The summed E-state index contributed by atoms with van der Waals surface area (Å²) in [5, 5.41) is 1.53. The molecular formula is C19H20N2O3. The maximum atomic E-state index is 12.6. The van der Waals surface area contributed by atoms with Gasteiger partial charge in [0.2, 0.25) is 0 Å². The molecule has 2 aromatic carbocycles. The molecule has 0 atom stereocenters. The second kappa shape index (κ2) is 6.66. The normalized spacial score (nSPS) is 10.8. The fourth-order valence-electron chi connectivity index (χ4n) is 2.56. The lowest BCUT2D eigenvalue weighted by atomic mass is 10.1. The third-order valence-electron chi connectivity index (χ3n) is 4.03. The first-order valence-corrected chi connectivity index (χ1v) is 7.74. The van der Waals surface area contributed by atoms with Crippen molar-refractivity contribution in [3.8, 4) is 11.5 Å². The first kappa shape index (κ1) is 15.9. The fourth-order valence-corrected chi connectivity index (χ4v) is 2.56. The lowest BCUT2D eigenvalue weighted by Gasteiger charge is -2.11. The van der Waals surface area contributed by atoms with E-state index < -0.39 is 0 Å². The number of ether oxygens (including phenoxy) is 2. The molecule has 0 unspecified atom stereocenters. The van der Waals surface area contributed by atoms with Crippen LogP contribution in [0.25, 0.3) is 10.8 Å². The van der Waals surface area contributed by atoms with Gasteiger partial charge >= 0.3 is 0 Å². The molecule has 5 nitrogen and oxygen atoms in total. The van der Waals surface area contributed by atoms with E-state index in [1.165, 1.54) is 0 Å². The number of hydrogen-bond donors (Lipinski definition) is 1. The van der Waals surface area contributed by atoms with Gasteiger partial charge in [-0.2, -0.15) is 0 Å². The molecule has 0 bridgehead atoms. The molecule has 124 valence electrons. The van der Waals surface area contributed by atoms with Gasteiger partial charge in [-0.3, -0.25) is 4.79 Å². The number of hydrogen-bond acceptors (Lipinski definition) is 4. The van der Waals surface area contributed by atoms with Crippen LogP contribution in [-0.2, 0) is 6.54 Å². The van der Waals surface area contributed by atoms with Crippen molar-refractivity contribution in [3.05, 3.63) is 64.6 Å². The van der Waals surface area contributed by atoms with Crippen LogP contribution in [-0.4, -0.2) is 18.3 Å². The minimum absolute atomic E-state index is 0.0523. The first-order valence-electron chi connectivity index (χ1n) is 7.74. The molecule has 1 aromatic heterocycles. The number of nitrogens with zero attached hydrogens (tertiary/aromatic N) is 1. The summed E-state index contributed by atoms with van der Waals surface area (Å²) >= 11 is 0. The highest BCUT2D eigenvalue weighted by molar-refractivity contribution is 5.82. The number of benzene rings is 2. The minimum Gasteiger partial charge on any atom is -0.497 e. The van der Waals surface area contributed by atoms with Gasteiger partial charge in [0.1, 0.15) is 18.1 Å². The third-order valence-corrected chi connectivity index (χ3v) is 4.03. The predicted molar refractivity (Wildman–Crippen MR) is 95.8 cm³/mol. The molecule has 3 aromatic rings. The third kappa shape index (κ3) is 3.20. The molecule has 24 heavy (non-hydrogen) atoms. The van der Waals surface area contributed by atoms with E-state index in [4.69, 9.17) is 15.2 Å². The van der Waals surface area contributed by atoms with Crippen molar-refractivity contribution >= 4 is 16.5 Å². The molecule has 0 fully saturated rings. The summed E-state index contributed by atoms with van der Waals surface area (Å²) in [4.78, 5) is 12.6. The second-order valence-electron chi connectivity index (χ2n) is 5.63. The highest BCUT2D eigenvalue weighted by Crippen LogP contribution is 2.19. The van der Waals surface area contributed by atoms with Crippen LogP contribution in [0.4, 0.5) is 5.69 Å². The van der Waals surface area contributed by atoms with E-state index in [0.29, 0.717) is 24.3 Å². The summed E-state index contributed by atoms with van der Waals surface area (Å²) in [6, 6.07) is 13.0. The highest BCUT2D eigenvalue weighted by atomic mass is 16.5. The Bertz CT molecular complexity index is 932. The summed E-state index contributed by atoms with van der Waals surface area (Å²) in [5.74, 6) is 1.42. The Morgan fingerprint density at radius 2 is 1.88 bits per heavy atom. The predicted octanol–water partition coefficient (Wildman–Crippen LogP) is 2.98. The number of rotatable bonds is 5. The van der Waals surface area contributed by atoms with E-state index in [2.05, 4.69) is 0 Å². The zero-order valence-electron chi connectivity index (χ0n) is 13.8. The molecule has 0 aliphatic rings. The van der Waals surface area contributed by atoms with Crippen LogP contribution in [0.15, 0.2) is 53.5 Å². The number of anilines is 1. The zero-order chi connectivity index (χ0) is 17.1. The summed E-state index contributed by atoms with van der Waals surface area (Å²) < 4.78 is 12.6.